The van der Waals surface area contributed by atoms with Crippen LogP contribution in [-0.2, 0) is 18.3 Å². The lowest BCUT2D eigenvalue weighted by atomic mass is 9.76. The second kappa shape index (κ2) is 9.33. The summed E-state index contributed by atoms with van der Waals surface area (Å²) in [6, 6.07) is 22.7. The van der Waals surface area contributed by atoms with Gasteiger partial charge in [-0.2, -0.15) is 0 Å². The Kier molecular flexibility index (Phi) is 5.98. The Morgan fingerprint density at radius 2 is 1.08 bits per heavy atom. The zero-order valence-corrected chi connectivity index (χ0v) is 22.5. The average Bonchev–Trinajstić information content (AvgIpc) is 2.91. The molecule has 188 valence electrons. The summed E-state index contributed by atoms with van der Waals surface area (Å²) in [4.78, 5) is 14.2. The molecule has 0 bridgehead atoms. The van der Waals surface area contributed by atoms with Crippen molar-refractivity contribution in [2.75, 3.05) is 22.9 Å². The van der Waals surface area contributed by atoms with Gasteiger partial charge in [0.2, 0.25) is 0 Å². The van der Waals surface area contributed by atoms with Gasteiger partial charge in [0.05, 0.1) is 0 Å². The molecule has 2 aromatic carbocycles. The fourth-order valence-corrected chi connectivity index (χ4v) is 5.90. The summed E-state index contributed by atoms with van der Waals surface area (Å²) >= 11 is 0. The minimum Gasteiger partial charge on any atom is -0.326 e. The molecule has 4 heterocycles. The van der Waals surface area contributed by atoms with Crippen LogP contribution >= 0.6 is 0 Å². The number of aryl methyl sites for hydroxylation is 4. The Labute approximate surface area is 221 Å². The van der Waals surface area contributed by atoms with Crippen molar-refractivity contribution < 1.29 is 0 Å². The molecule has 37 heavy (non-hydrogen) atoms. The van der Waals surface area contributed by atoms with Gasteiger partial charge in [-0.3, -0.25) is 0 Å². The topological polar surface area (TPSA) is 32.3 Å². The molecule has 2 aliphatic heterocycles. The number of hydrogen-bond acceptors (Lipinski definition) is 4. The van der Waals surface area contributed by atoms with Crippen molar-refractivity contribution in [1.82, 2.24) is 9.97 Å². The van der Waals surface area contributed by atoms with Crippen molar-refractivity contribution in [3.05, 3.63) is 106 Å². The highest BCUT2D eigenvalue weighted by Crippen LogP contribution is 2.41. The van der Waals surface area contributed by atoms with Crippen molar-refractivity contribution in [2.45, 2.75) is 58.8 Å². The van der Waals surface area contributed by atoms with Crippen molar-refractivity contribution in [2.24, 2.45) is 0 Å². The minimum absolute atomic E-state index is 0.142. The maximum atomic E-state index is 4.72. The van der Waals surface area contributed by atoms with Gasteiger partial charge in [-0.15, -0.1) is 0 Å². The van der Waals surface area contributed by atoms with Crippen molar-refractivity contribution in [1.29, 1.82) is 0 Å². The Morgan fingerprint density at radius 3 is 1.51 bits per heavy atom. The van der Waals surface area contributed by atoms with E-state index in [1.54, 1.807) is 0 Å². The van der Waals surface area contributed by atoms with Crippen LogP contribution in [0.1, 0.15) is 60.1 Å². The van der Waals surface area contributed by atoms with Gasteiger partial charge in [0.15, 0.2) is 0 Å². The van der Waals surface area contributed by atoms with Crippen LogP contribution < -0.4 is 9.80 Å². The van der Waals surface area contributed by atoms with Crippen LogP contribution in [0.25, 0.3) is 0 Å². The number of hydrogen-bond donors (Lipinski definition) is 0. The molecule has 2 aromatic heterocycles. The van der Waals surface area contributed by atoms with E-state index in [9.17, 15) is 0 Å². The first-order valence-electron chi connectivity index (χ1n) is 13.6. The molecule has 0 N–H and O–H groups in total. The number of fused-ring (bicyclic) bond motifs is 2. The molecular formula is C33H36N4. The number of aromatic nitrogens is 2. The Morgan fingerprint density at radius 1 is 0.622 bits per heavy atom. The number of rotatable bonds is 4. The number of anilines is 4. The van der Waals surface area contributed by atoms with E-state index in [1.807, 2.05) is 12.4 Å². The van der Waals surface area contributed by atoms with E-state index in [1.165, 1.54) is 44.8 Å². The summed E-state index contributed by atoms with van der Waals surface area (Å²) < 4.78 is 0. The summed E-state index contributed by atoms with van der Waals surface area (Å²) in [5.41, 5.74) is 10.5. The third-order valence-corrected chi connectivity index (χ3v) is 8.21. The Hall–Kier alpha value is -3.66. The quantitative estimate of drug-likeness (QED) is 0.296. The van der Waals surface area contributed by atoms with E-state index >= 15 is 0 Å². The van der Waals surface area contributed by atoms with Gasteiger partial charge in [0.25, 0.3) is 0 Å². The molecule has 0 aliphatic carbocycles. The monoisotopic (exact) mass is 488 g/mol. The van der Waals surface area contributed by atoms with Gasteiger partial charge >= 0.3 is 0 Å². The van der Waals surface area contributed by atoms with Crippen LogP contribution in [0.2, 0.25) is 0 Å². The molecule has 4 nitrogen and oxygen atoms in total. The maximum absolute atomic E-state index is 4.72. The summed E-state index contributed by atoms with van der Waals surface area (Å²) in [5, 5.41) is 0. The lowest BCUT2D eigenvalue weighted by molar-refractivity contribution is 0.636. The van der Waals surface area contributed by atoms with Gasteiger partial charge in [-0.25, -0.2) is 9.97 Å². The first kappa shape index (κ1) is 23.7. The smallest absolute Gasteiger partial charge is 0.133 e. The fourth-order valence-electron chi connectivity index (χ4n) is 5.90. The fraction of sp³-hybridized carbons (Fsp3) is 0.333. The summed E-state index contributed by atoms with van der Waals surface area (Å²) in [6.07, 6.45) is 8.40. The summed E-state index contributed by atoms with van der Waals surface area (Å²) in [6.45, 7) is 11.0. The first-order chi connectivity index (χ1) is 17.9. The van der Waals surface area contributed by atoms with E-state index in [-0.39, 0.29) is 5.41 Å². The van der Waals surface area contributed by atoms with Crippen LogP contribution in [0.4, 0.5) is 23.0 Å². The first-order valence-corrected chi connectivity index (χ1v) is 13.6. The molecule has 0 spiro atoms. The Bertz CT molecular complexity index is 1350. The minimum atomic E-state index is -0.142. The normalized spacial score (nSPS) is 15.4. The third kappa shape index (κ3) is 4.39. The lowest BCUT2D eigenvalue weighted by Gasteiger charge is -2.35. The third-order valence-electron chi connectivity index (χ3n) is 8.21. The second-order valence-corrected chi connectivity index (χ2v) is 11.2. The molecule has 4 heteroatoms. The average molecular weight is 489 g/mol. The molecular weight excluding hydrogens is 452 g/mol. The molecule has 4 aromatic rings. The van der Waals surface area contributed by atoms with Gasteiger partial charge in [-0.05, 0) is 109 Å². The zero-order valence-electron chi connectivity index (χ0n) is 22.5. The van der Waals surface area contributed by atoms with Crippen LogP contribution in [-0.4, -0.2) is 23.1 Å². The molecule has 6 rings (SSSR count). The molecule has 0 saturated carbocycles. The Balaban J connectivity index is 1.39. The van der Waals surface area contributed by atoms with Crippen LogP contribution in [0.3, 0.4) is 0 Å². The molecule has 0 saturated heterocycles. The maximum Gasteiger partial charge on any atom is 0.133 e. The van der Waals surface area contributed by atoms with Crippen molar-refractivity contribution in [3.8, 4) is 0 Å². The van der Waals surface area contributed by atoms with Gasteiger partial charge in [0, 0.05) is 42.3 Å². The van der Waals surface area contributed by atoms with Crippen LogP contribution in [0, 0.1) is 13.8 Å². The van der Waals surface area contributed by atoms with Crippen LogP contribution in [0.5, 0.6) is 0 Å². The lowest BCUT2D eigenvalue weighted by Crippen LogP contribution is -2.28. The SMILES string of the molecule is Cc1ccnc(N2CCCc3ccc(C(C)(C)c4ccc5c(c4)N(c4cc(C)ccn4)CCC5)cc32)c1. The number of nitrogens with zero attached hydrogens (tertiary/aromatic N) is 4. The highest BCUT2D eigenvalue weighted by atomic mass is 15.2. The van der Waals surface area contributed by atoms with Gasteiger partial charge < -0.3 is 9.80 Å². The largest absolute Gasteiger partial charge is 0.326 e. The van der Waals surface area contributed by atoms with E-state index in [0.29, 0.717) is 0 Å². The van der Waals surface area contributed by atoms with E-state index in [0.717, 1.165) is 50.4 Å². The number of pyridine rings is 2. The van der Waals surface area contributed by atoms with E-state index in [4.69, 9.17) is 9.97 Å². The standard InChI is InChI=1S/C33H36N4/c1-23-13-15-34-31(19-23)36-17-5-7-25-9-11-27(21-29(25)36)33(3,4)28-12-10-26-8-6-18-37(30(26)22-28)32-20-24(2)14-16-35-32/h9-16,19-22H,5-8,17-18H2,1-4H3. The molecule has 0 fully saturated rings. The van der Waals surface area contributed by atoms with E-state index < -0.39 is 0 Å². The van der Waals surface area contributed by atoms with Crippen LogP contribution in [0.15, 0.2) is 73.1 Å². The molecule has 0 unspecified atom stereocenters. The van der Waals surface area contributed by atoms with E-state index in [2.05, 4.69) is 98.2 Å². The second-order valence-electron chi connectivity index (χ2n) is 11.2. The summed E-state index contributed by atoms with van der Waals surface area (Å²) in [5.74, 6) is 2.09. The van der Waals surface area contributed by atoms with Crippen molar-refractivity contribution in [3.63, 3.8) is 0 Å². The van der Waals surface area contributed by atoms with Gasteiger partial charge in [-0.1, -0.05) is 38.1 Å². The summed E-state index contributed by atoms with van der Waals surface area (Å²) in [7, 11) is 0. The predicted molar refractivity (Wildman–Crippen MR) is 154 cm³/mol. The highest BCUT2D eigenvalue weighted by molar-refractivity contribution is 5.70. The highest BCUT2D eigenvalue weighted by Gasteiger charge is 2.29. The molecule has 0 atom stereocenters. The number of benzene rings is 2. The zero-order chi connectivity index (χ0) is 25.6. The molecule has 0 amide bonds. The predicted octanol–water partition coefficient (Wildman–Crippen LogP) is 7.59. The van der Waals surface area contributed by atoms with Gasteiger partial charge in [0.1, 0.15) is 11.6 Å². The van der Waals surface area contributed by atoms with Crippen molar-refractivity contribution >= 4 is 23.0 Å². The molecule has 0 radical (unpaired) electrons. The molecule has 2 aliphatic rings.